The summed E-state index contributed by atoms with van der Waals surface area (Å²) in [5.41, 5.74) is 7.36. The zero-order valence-electron chi connectivity index (χ0n) is 15.2. The van der Waals surface area contributed by atoms with Crippen LogP contribution in [0.2, 0.25) is 0 Å². The first-order valence-electron chi connectivity index (χ1n) is 8.68. The van der Waals surface area contributed by atoms with Gasteiger partial charge >= 0.3 is 5.97 Å². The maximum atomic E-state index is 12.9. The first-order chi connectivity index (χ1) is 13.3. The highest BCUT2D eigenvalue weighted by Crippen LogP contribution is 2.32. The molecule has 2 aromatic rings. The number of anilines is 1. The molecule has 1 aliphatic heterocycles. The highest BCUT2D eigenvalue weighted by Gasteiger charge is 2.30. The number of nitrogens with zero attached hydrogens (tertiary/aromatic N) is 1. The molecule has 146 valence electrons. The topological polar surface area (TPSA) is 107 Å². The van der Waals surface area contributed by atoms with E-state index in [2.05, 4.69) is 0 Å². The standard InChI is InChI=1S/C20H20N2O5S/c1-14(20(21)24)27-19(23)11-8-15-6-9-17(10-7-15)28(25,26)22-13-12-16-4-2-3-5-18(16)22/h2-11,14H,12-13H2,1H3,(H2,21,24)/b11-8+. The van der Waals surface area contributed by atoms with E-state index in [-0.39, 0.29) is 4.90 Å². The number of hydrogen-bond donors (Lipinski definition) is 1. The van der Waals surface area contributed by atoms with Crippen LogP contribution in [0.15, 0.2) is 59.5 Å². The molecule has 0 radical (unpaired) electrons. The second-order valence-electron chi connectivity index (χ2n) is 6.34. The molecule has 8 heteroatoms. The highest BCUT2D eigenvalue weighted by molar-refractivity contribution is 7.92. The van der Waals surface area contributed by atoms with Crippen molar-refractivity contribution in [3.05, 3.63) is 65.7 Å². The summed E-state index contributed by atoms with van der Waals surface area (Å²) >= 11 is 0. The smallest absolute Gasteiger partial charge is 0.331 e. The van der Waals surface area contributed by atoms with Gasteiger partial charge in [0.25, 0.3) is 15.9 Å². The summed E-state index contributed by atoms with van der Waals surface area (Å²) in [5, 5.41) is 0. The average molecular weight is 400 g/mol. The average Bonchev–Trinajstić information content (AvgIpc) is 3.11. The van der Waals surface area contributed by atoms with E-state index in [9.17, 15) is 18.0 Å². The number of rotatable bonds is 6. The van der Waals surface area contributed by atoms with Gasteiger partial charge in [-0.25, -0.2) is 13.2 Å². The molecule has 0 spiro atoms. The molecule has 1 amide bonds. The van der Waals surface area contributed by atoms with Crippen LogP contribution in [0.4, 0.5) is 5.69 Å². The number of ether oxygens (including phenoxy) is 1. The molecule has 28 heavy (non-hydrogen) atoms. The van der Waals surface area contributed by atoms with Gasteiger partial charge < -0.3 is 10.5 Å². The van der Waals surface area contributed by atoms with Crippen molar-refractivity contribution in [2.24, 2.45) is 5.73 Å². The van der Waals surface area contributed by atoms with Crippen molar-refractivity contribution in [1.29, 1.82) is 0 Å². The Kier molecular flexibility index (Phi) is 5.51. The van der Waals surface area contributed by atoms with Gasteiger partial charge in [0.15, 0.2) is 6.10 Å². The van der Waals surface area contributed by atoms with Crippen LogP contribution >= 0.6 is 0 Å². The summed E-state index contributed by atoms with van der Waals surface area (Å²) in [6.07, 6.45) is 2.28. The van der Waals surface area contributed by atoms with E-state index >= 15 is 0 Å². The maximum absolute atomic E-state index is 12.9. The van der Waals surface area contributed by atoms with Crippen LogP contribution in [0.1, 0.15) is 18.1 Å². The lowest BCUT2D eigenvalue weighted by atomic mass is 10.2. The molecular formula is C20H20N2O5S. The lowest BCUT2D eigenvalue weighted by molar-refractivity contribution is -0.148. The van der Waals surface area contributed by atoms with E-state index in [0.29, 0.717) is 24.2 Å². The fraction of sp³-hybridized carbons (Fsp3) is 0.200. The van der Waals surface area contributed by atoms with E-state index in [1.54, 1.807) is 18.2 Å². The number of primary amides is 1. The number of hydrogen-bond acceptors (Lipinski definition) is 5. The van der Waals surface area contributed by atoms with Crippen molar-refractivity contribution in [2.45, 2.75) is 24.3 Å². The van der Waals surface area contributed by atoms with Crippen molar-refractivity contribution in [1.82, 2.24) is 0 Å². The predicted molar refractivity (Wildman–Crippen MR) is 105 cm³/mol. The lowest BCUT2D eigenvalue weighted by Crippen LogP contribution is -2.29. The van der Waals surface area contributed by atoms with Gasteiger partial charge in [0.05, 0.1) is 10.6 Å². The van der Waals surface area contributed by atoms with Crippen LogP contribution in [0, 0.1) is 0 Å². The first kappa shape index (κ1) is 19.6. The van der Waals surface area contributed by atoms with Crippen LogP contribution in [0.3, 0.4) is 0 Å². The molecule has 3 rings (SSSR count). The molecule has 7 nitrogen and oxygen atoms in total. The first-order valence-corrected chi connectivity index (χ1v) is 10.1. The lowest BCUT2D eigenvalue weighted by Gasteiger charge is -2.19. The van der Waals surface area contributed by atoms with Gasteiger partial charge in [-0.15, -0.1) is 0 Å². The van der Waals surface area contributed by atoms with Gasteiger partial charge in [0.1, 0.15) is 0 Å². The van der Waals surface area contributed by atoms with Crippen LogP contribution in [-0.4, -0.2) is 32.9 Å². The Morgan fingerprint density at radius 1 is 1.14 bits per heavy atom. The number of carbonyl (C=O) groups excluding carboxylic acids is 2. The van der Waals surface area contributed by atoms with Crippen LogP contribution in [-0.2, 0) is 30.8 Å². The number of amides is 1. The maximum Gasteiger partial charge on any atom is 0.331 e. The van der Waals surface area contributed by atoms with Crippen molar-refractivity contribution in [2.75, 3.05) is 10.8 Å². The zero-order valence-corrected chi connectivity index (χ0v) is 16.1. The second kappa shape index (κ2) is 7.85. The number of carbonyl (C=O) groups is 2. The Hall–Kier alpha value is -3.13. The van der Waals surface area contributed by atoms with Gasteiger partial charge in [0.2, 0.25) is 0 Å². The third kappa shape index (κ3) is 4.07. The van der Waals surface area contributed by atoms with Gasteiger partial charge in [-0.1, -0.05) is 30.3 Å². The van der Waals surface area contributed by atoms with Gasteiger partial charge in [-0.2, -0.15) is 0 Å². The second-order valence-corrected chi connectivity index (χ2v) is 8.20. The summed E-state index contributed by atoms with van der Waals surface area (Å²) in [5.74, 6) is -1.45. The molecule has 1 unspecified atom stereocenters. The fourth-order valence-electron chi connectivity index (χ4n) is 2.87. The van der Waals surface area contributed by atoms with Gasteiger partial charge in [-0.3, -0.25) is 9.10 Å². The number of nitrogens with two attached hydrogens (primary N) is 1. The molecule has 0 bridgehead atoms. The molecule has 2 aromatic carbocycles. The molecule has 0 saturated heterocycles. The summed E-state index contributed by atoms with van der Waals surface area (Å²) in [6.45, 7) is 1.79. The Balaban J connectivity index is 1.73. The number of benzene rings is 2. The van der Waals surface area contributed by atoms with Crippen molar-refractivity contribution in [3.8, 4) is 0 Å². The Bertz CT molecular complexity index is 1030. The third-order valence-electron chi connectivity index (χ3n) is 4.42. The molecule has 0 aromatic heterocycles. The molecule has 0 aliphatic carbocycles. The normalized spacial score (nSPS) is 14.7. The SMILES string of the molecule is CC(OC(=O)/C=C/c1ccc(S(=O)(=O)N2CCc3ccccc32)cc1)C(N)=O. The minimum absolute atomic E-state index is 0.172. The minimum Gasteiger partial charge on any atom is -0.449 e. The van der Waals surface area contributed by atoms with Crippen LogP contribution < -0.4 is 10.0 Å². The molecule has 2 N–H and O–H groups in total. The quantitative estimate of drug-likeness (QED) is 0.588. The van der Waals surface area contributed by atoms with Crippen LogP contribution in [0.5, 0.6) is 0 Å². The van der Waals surface area contributed by atoms with Crippen LogP contribution in [0.25, 0.3) is 6.08 Å². The van der Waals surface area contributed by atoms with E-state index in [1.807, 2.05) is 18.2 Å². The molecule has 1 atom stereocenters. The summed E-state index contributed by atoms with van der Waals surface area (Å²) in [7, 11) is -3.66. The molecule has 1 aliphatic rings. The molecule has 0 saturated carbocycles. The number of fused-ring (bicyclic) bond motifs is 1. The minimum atomic E-state index is -3.66. The zero-order chi connectivity index (χ0) is 20.3. The fourth-order valence-corrected chi connectivity index (χ4v) is 4.37. The molecular weight excluding hydrogens is 380 g/mol. The van der Waals surface area contributed by atoms with Crippen molar-refractivity contribution < 1.29 is 22.7 Å². The van der Waals surface area contributed by atoms with Gasteiger partial charge in [-0.05, 0) is 48.7 Å². The van der Waals surface area contributed by atoms with Crippen molar-refractivity contribution in [3.63, 3.8) is 0 Å². The third-order valence-corrected chi connectivity index (χ3v) is 6.25. The molecule has 1 heterocycles. The summed E-state index contributed by atoms with van der Waals surface area (Å²) < 4.78 is 32.1. The van der Waals surface area contributed by atoms with E-state index in [1.165, 1.54) is 29.4 Å². The number of esters is 1. The Labute approximate surface area is 163 Å². The van der Waals surface area contributed by atoms with Gasteiger partial charge in [0, 0.05) is 12.6 Å². The number of para-hydroxylation sites is 1. The molecule has 0 fully saturated rings. The summed E-state index contributed by atoms with van der Waals surface area (Å²) in [4.78, 5) is 22.7. The number of sulfonamides is 1. The Morgan fingerprint density at radius 3 is 2.50 bits per heavy atom. The van der Waals surface area contributed by atoms with E-state index in [4.69, 9.17) is 10.5 Å². The summed E-state index contributed by atoms with van der Waals surface area (Å²) in [6, 6.07) is 13.6. The largest absolute Gasteiger partial charge is 0.449 e. The van der Waals surface area contributed by atoms with Crippen molar-refractivity contribution >= 4 is 33.7 Å². The monoisotopic (exact) mass is 400 g/mol. The highest BCUT2D eigenvalue weighted by atomic mass is 32.2. The predicted octanol–water partition coefficient (Wildman–Crippen LogP) is 1.87. The Morgan fingerprint density at radius 2 is 1.82 bits per heavy atom. The van der Waals surface area contributed by atoms with E-state index < -0.39 is 28.0 Å². The van der Waals surface area contributed by atoms with E-state index in [0.717, 1.165) is 11.6 Å².